The van der Waals surface area contributed by atoms with Crippen LogP contribution >= 0.6 is 15.9 Å². The third-order valence-corrected chi connectivity index (χ3v) is 4.54. The lowest BCUT2D eigenvalue weighted by atomic mass is 10.0. The van der Waals surface area contributed by atoms with Gasteiger partial charge in [-0.3, -0.25) is 4.79 Å². The molecule has 0 spiro atoms. The van der Waals surface area contributed by atoms with Crippen LogP contribution < -0.4 is 4.90 Å². The molecule has 0 saturated heterocycles. The first-order valence-corrected chi connectivity index (χ1v) is 8.65. The van der Waals surface area contributed by atoms with Crippen molar-refractivity contribution in [3.63, 3.8) is 0 Å². The van der Waals surface area contributed by atoms with Crippen LogP contribution in [0.5, 0.6) is 0 Å². The lowest BCUT2D eigenvalue weighted by Gasteiger charge is -2.30. The number of amides is 1. The van der Waals surface area contributed by atoms with E-state index in [1.54, 1.807) is 0 Å². The number of hydrogen-bond donors (Lipinski definition) is 0. The van der Waals surface area contributed by atoms with Gasteiger partial charge in [-0.15, -0.1) is 0 Å². The van der Waals surface area contributed by atoms with Gasteiger partial charge in [0.15, 0.2) is 0 Å². The van der Waals surface area contributed by atoms with E-state index in [4.69, 9.17) is 0 Å². The Morgan fingerprint density at radius 1 is 0.833 bits per heavy atom. The normalized spacial score (nSPS) is 11.8. The Kier molecular flexibility index (Phi) is 5.11. The van der Waals surface area contributed by atoms with E-state index in [0.29, 0.717) is 5.56 Å². The van der Waals surface area contributed by atoms with E-state index < -0.39 is 0 Å². The highest BCUT2D eigenvalue weighted by atomic mass is 79.9. The van der Waals surface area contributed by atoms with E-state index in [0.717, 1.165) is 15.7 Å². The minimum atomic E-state index is -0.0650. The molecule has 3 aromatic carbocycles. The number of hydrogen-bond acceptors (Lipinski definition) is 1. The zero-order valence-corrected chi connectivity index (χ0v) is 15.0. The van der Waals surface area contributed by atoms with Crippen molar-refractivity contribution < 1.29 is 4.79 Å². The molecule has 0 saturated carbocycles. The number of nitrogens with zero attached hydrogens (tertiary/aromatic N) is 1. The molecule has 1 atom stereocenters. The molecule has 0 aromatic heterocycles. The monoisotopic (exact) mass is 379 g/mol. The topological polar surface area (TPSA) is 20.3 Å². The van der Waals surface area contributed by atoms with Crippen molar-refractivity contribution in [1.29, 1.82) is 0 Å². The summed E-state index contributed by atoms with van der Waals surface area (Å²) in [5.41, 5.74) is 2.67. The van der Waals surface area contributed by atoms with Crippen molar-refractivity contribution in [2.24, 2.45) is 0 Å². The molecule has 1 unspecified atom stereocenters. The van der Waals surface area contributed by atoms with Gasteiger partial charge in [-0.05, 0) is 48.9 Å². The van der Waals surface area contributed by atoms with E-state index >= 15 is 0 Å². The van der Waals surface area contributed by atoms with Crippen LogP contribution in [0.2, 0.25) is 0 Å². The second-order valence-corrected chi connectivity index (χ2v) is 6.52. The Hall–Kier alpha value is -2.39. The van der Waals surface area contributed by atoms with Gasteiger partial charge >= 0.3 is 0 Å². The van der Waals surface area contributed by atoms with Crippen molar-refractivity contribution in [3.05, 3.63) is 101 Å². The summed E-state index contributed by atoms with van der Waals surface area (Å²) in [6.07, 6.45) is 0. The predicted molar refractivity (Wildman–Crippen MR) is 102 cm³/mol. The number of halogens is 1. The maximum Gasteiger partial charge on any atom is 0.258 e. The van der Waals surface area contributed by atoms with E-state index in [2.05, 4.69) is 35.0 Å². The number of para-hydroxylation sites is 1. The summed E-state index contributed by atoms with van der Waals surface area (Å²) in [6.45, 7) is 2.05. The first kappa shape index (κ1) is 16.5. The van der Waals surface area contributed by atoms with Crippen molar-refractivity contribution in [2.75, 3.05) is 4.90 Å². The Labute approximate surface area is 150 Å². The number of anilines is 1. The summed E-state index contributed by atoms with van der Waals surface area (Å²) in [5.74, 6) is -0.00921. The largest absolute Gasteiger partial charge is 0.301 e. The molecule has 0 N–H and O–H groups in total. The highest BCUT2D eigenvalue weighted by molar-refractivity contribution is 9.10. The van der Waals surface area contributed by atoms with E-state index in [-0.39, 0.29) is 11.9 Å². The second-order valence-electron chi connectivity index (χ2n) is 5.60. The van der Waals surface area contributed by atoms with Gasteiger partial charge in [0.1, 0.15) is 0 Å². The smallest absolute Gasteiger partial charge is 0.258 e. The average Bonchev–Trinajstić information content (AvgIpc) is 2.64. The van der Waals surface area contributed by atoms with Crippen LogP contribution in [0.15, 0.2) is 89.4 Å². The molecule has 120 valence electrons. The maximum absolute atomic E-state index is 13.2. The fourth-order valence-electron chi connectivity index (χ4n) is 2.72. The predicted octanol–water partition coefficient (Wildman–Crippen LogP) is 5.86. The third kappa shape index (κ3) is 3.57. The first-order valence-electron chi connectivity index (χ1n) is 7.86. The molecular formula is C21H18BrNO. The molecule has 0 bridgehead atoms. The lowest BCUT2D eigenvalue weighted by molar-refractivity contribution is 0.0978. The highest BCUT2D eigenvalue weighted by Crippen LogP contribution is 2.29. The van der Waals surface area contributed by atoms with Gasteiger partial charge in [-0.1, -0.05) is 64.5 Å². The molecule has 3 aromatic rings. The number of carbonyl (C=O) groups excluding carboxylic acids is 1. The molecule has 1 amide bonds. The minimum absolute atomic E-state index is 0.00921. The maximum atomic E-state index is 13.2. The molecule has 0 heterocycles. The Balaban J connectivity index is 2.02. The third-order valence-electron chi connectivity index (χ3n) is 4.01. The van der Waals surface area contributed by atoms with Crippen LogP contribution in [0, 0.1) is 0 Å². The molecule has 2 nitrogen and oxygen atoms in total. The summed E-state index contributed by atoms with van der Waals surface area (Å²) in [4.78, 5) is 15.0. The number of carbonyl (C=O) groups is 1. The molecule has 0 aliphatic rings. The summed E-state index contributed by atoms with van der Waals surface area (Å²) in [6, 6.07) is 27.3. The fourth-order valence-corrected chi connectivity index (χ4v) is 2.98. The Morgan fingerprint density at radius 2 is 1.38 bits per heavy atom. The molecular weight excluding hydrogens is 362 g/mol. The van der Waals surface area contributed by atoms with Gasteiger partial charge in [0.2, 0.25) is 0 Å². The van der Waals surface area contributed by atoms with Crippen LogP contribution in [0.1, 0.15) is 28.9 Å². The van der Waals surface area contributed by atoms with Gasteiger partial charge in [0.05, 0.1) is 6.04 Å². The molecule has 3 heteroatoms. The van der Waals surface area contributed by atoms with Crippen molar-refractivity contribution in [2.45, 2.75) is 13.0 Å². The zero-order chi connectivity index (χ0) is 16.9. The molecule has 0 radical (unpaired) electrons. The summed E-state index contributed by atoms with van der Waals surface area (Å²) < 4.78 is 0.960. The number of rotatable bonds is 4. The molecule has 0 aliphatic heterocycles. The van der Waals surface area contributed by atoms with E-state index in [1.165, 1.54) is 0 Å². The summed E-state index contributed by atoms with van der Waals surface area (Å²) >= 11 is 3.42. The summed E-state index contributed by atoms with van der Waals surface area (Å²) in [5, 5.41) is 0. The van der Waals surface area contributed by atoms with Crippen molar-refractivity contribution in [3.8, 4) is 0 Å². The number of benzene rings is 3. The van der Waals surface area contributed by atoms with Crippen molar-refractivity contribution in [1.82, 2.24) is 0 Å². The Morgan fingerprint density at radius 3 is 1.96 bits per heavy atom. The van der Waals surface area contributed by atoms with Gasteiger partial charge in [-0.25, -0.2) is 0 Å². The van der Waals surface area contributed by atoms with Crippen LogP contribution in [0.4, 0.5) is 5.69 Å². The van der Waals surface area contributed by atoms with Crippen molar-refractivity contribution >= 4 is 27.5 Å². The van der Waals surface area contributed by atoms with Gasteiger partial charge in [-0.2, -0.15) is 0 Å². The minimum Gasteiger partial charge on any atom is -0.301 e. The quantitative estimate of drug-likeness (QED) is 0.555. The van der Waals surface area contributed by atoms with E-state index in [9.17, 15) is 4.79 Å². The van der Waals surface area contributed by atoms with Crippen LogP contribution in [-0.2, 0) is 0 Å². The van der Waals surface area contributed by atoms with Gasteiger partial charge in [0, 0.05) is 15.7 Å². The highest BCUT2D eigenvalue weighted by Gasteiger charge is 2.24. The Bertz CT molecular complexity index is 800. The van der Waals surface area contributed by atoms with Crippen LogP contribution in [0.3, 0.4) is 0 Å². The van der Waals surface area contributed by atoms with Gasteiger partial charge in [0.25, 0.3) is 5.91 Å². The lowest BCUT2D eigenvalue weighted by Crippen LogP contribution is -2.33. The van der Waals surface area contributed by atoms with Gasteiger partial charge < -0.3 is 4.90 Å². The zero-order valence-electron chi connectivity index (χ0n) is 13.4. The van der Waals surface area contributed by atoms with E-state index in [1.807, 2.05) is 77.7 Å². The van der Waals surface area contributed by atoms with Crippen LogP contribution in [0.25, 0.3) is 0 Å². The molecule has 0 aliphatic carbocycles. The molecule has 0 fully saturated rings. The molecule has 24 heavy (non-hydrogen) atoms. The molecule has 3 rings (SSSR count). The standard InChI is InChI=1S/C21H18BrNO/c1-16(17-8-4-2-5-9-17)23(20-10-6-3-7-11-20)21(24)18-12-14-19(22)15-13-18/h2-16H,1H3. The summed E-state index contributed by atoms with van der Waals surface area (Å²) in [7, 11) is 0. The second kappa shape index (κ2) is 7.45. The fraction of sp³-hybridized carbons (Fsp3) is 0.0952. The average molecular weight is 380 g/mol. The van der Waals surface area contributed by atoms with Crippen LogP contribution in [-0.4, -0.2) is 5.91 Å². The SMILES string of the molecule is CC(c1ccccc1)N(C(=O)c1ccc(Br)cc1)c1ccccc1. The first-order chi connectivity index (χ1) is 11.7.